The van der Waals surface area contributed by atoms with Gasteiger partial charge in [-0.15, -0.1) is 0 Å². The fraction of sp³-hybridized carbons (Fsp3) is 0.556. The van der Waals surface area contributed by atoms with Gasteiger partial charge in [-0.1, -0.05) is 43.9 Å². The molecule has 2 N–H and O–H groups in total. The molecule has 0 spiro atoms. The Morgan fingerprint density at radius 1 is 1.23 bits per heavy atom. The molecule has 1 aliphatic carbocycles. The highest BCUT2D eigenvalue weighted by atomic mass is 16.2. The number of para-hydroxylation sites is 1. The van der Waals surface area contributed by atoms with E-state index in [1.54, 1.807) is 0 Å². The van der Waals surface area contributed by atoms with Crippen molar-refractivity contribution < 1.29 is 9.59 Å². The molecular formula is C18H24N2O2. The summed E-state index contributed by atoms with van der Waals surface area (Å²) in [6.07, 6.45) is 7.93. The second kappa shape index (κ2) is 6.95. The Hall–Kier alpha value is -1.84. The van der Waals surface area contributed by atoms with Crippen LogP contribution in [0.1, 0.15) is 56.4 Å². The van der Waals surface area contributed by atoms with E-state index in [1.165, 1.54) is 32.1 Å². The number of nitrogens with one attached hydrogen (secondary N) is 2. The summed E-state index contributed by atoms with van der Waals surface area (Å²) < 4.78 is 0. The molecule has 2 amide bonds. The Morgan fingerprint density at radius 3 is 2.82 bits per heavy atom. The van der Waals surface area contributed by atoms with E-state index >= 15 is 0 Å². The minimum atomic E-state index is -0.351. The highest BCUT2D eigenvalue weighted by molar-refractivity contribution is 6.01. The van der Waals surface area contributed by atoms with Gasteiger partial charge < -0.3 is 10.6 Å². The van der Waals surface area contributed by atoms with Gasteiger partial charge in [0.05, 0.1) is 5.92 Å². The highest BCUT2D eigenvalue weighted by Gasteiger charge is 2.30. The van der Waals surface area contributed by atoms with Crippen molar-refractivity contribution in [2.45, 2.75) is 50.9 Å². The van der Waals surface area contributed by atoms with Gasteiger partial charge in [0.2, 0.25) is 11.8 Å². The molecule has 2 aliphatic rings. The van der Waals surface area contributed by atoms with Crippen LogP contribution in [0.3, 0.4) is 0 Å². The van der Waals surface area contributed by atoms with Crippen molar-refractivity contribution in [3.05, 3.63) is 29.8 Å². The van der Waals surface area contributed by atoms with Crippen LogP contribution in [0.5, 0.6) is 0 Å². The first kappa shape index (κ1) is 15.1. The lowest BCUT2D eigenvalue weighted by molar-refractivity contribution is -0.126. The molecular weight excluding hydrogens is 276 g/mol. The molecule has 4 nitrogen and oxygen atoms in total. The molecule has 1 fully saturated rings. The SMILES string of the molecule is O=C1CC(C(=O)NCCCC2CCCC2)c2ccccc2N1. The van der Waals surface area contributed by atoms with Crippen LogP contribution in [0.25, 0.3) is 0 Å². The van der Waals surface area contributed by atoms with Crippen molar-refractivity contribution in [1.82, 2.24) is 5.32 Å². The van der Waals surface area contributed by atoms with Crippen LogP contribution in [-0.4, -0.2) is 18.4 Å². The monoisotopic (exact) mass is 300 g/mol. The zero-order valence-electron chi connectivity index (χ0n) is 12.9. The molecule has 0 saturated heterocycles. The number of carbonyl (C=O) groups excluding carboxylic acids is 2. The second-order valence-electron chi connectivity index (χ2n) is 6.48. The Bertz CT molecular complexity index is 550. The number of benzene rings is 1. The van der Waals surface area contributed by atoms with Gasteiger partial charge in [0.15, 0.2) is 0 Å². The third kappa shape index (κ3) is 3.49. The highest BCUT2D eigenvalue weighted by Crippen LogP contribution is 2.32. The number of fused-ring (bicyclic) bond motifs is 1. The van der Waals surface area contributed by atoms with E-state index in [0.29, 0.717) is 0 Å². The van der Waals surface area contributed by atoms with Crippen LogP contribution in [0.15, 0.2) is 24.3 Å². The van der Waals surface area contributed by atoms with E-state index in [1.807, 2.05) is 24.3 Å². The van der Waals surface area contributed by atoms with Crippen LogP contribution >= 0.6 is 0 Å². The Kier molecular flexibility index (Phi) is 4.76. The molecule has 22 heavy (non-hydrogen) atoms. The van der Waals surface area contributed by atoms with Crippen LogP contribution in [0.2, 0.25) is 0 Å². The smallest absolute Gasteiger partial charge is 0.228 e. The maximum absolute atomic E-state index is 12.4. The van der Waals surface area contributed by atoms with E-state index < -0.39 is 0 Å². The summed E-state index contributed by atoms with van der Waals surface area (Å²) in [6, 6.07) is 7.57. The first-order valence-electron chi connectivity index (χ1n) is 8.40. The molecule has 4 heteroatoms. The predicted octanol–water partition coefficient (Wildman–Crippen LogP) is 3.20. The molecule has 1 saturated carbocycles. The first-order valence-corrected chi connectivity index (χ1v) is 8.40. The van der Waals surface area contributed by atoms with Crippen molar-refractivity contribution in [2.24, 2.45) is 5.92 Å². The summed E-state index contributed by atoms with van der Waals surface area (Å²) in [5, 5.41) is 5.85. The van der Waals surface area contributed by atoms with Crippen molar-refractivity contribution >= 4 is 17.5 Å². The normalized spacial score (nSPS) is 21.3. The third-order valence-corrected chi connectivity index (χ3v) is 4.88. The lowest BCUT2D eigenvalue weighted by atomic mass is 9.90. The Morgan fingerprint density at radius 2 is 2.00 bits per heavy atom. The summed E-state index contributed by atoms with van der Waals surface area (Å²) in [6.45, 7) is 0.718. The minimum Gasteiger partial charge on any atom is -0.356 e. The molecule has 1 aliphatic heterocycles. The molecule has 3 rings (SSSR count). The topological polar surface area (TPSA) is 58.2 Å². The number of amides is 2. The summed E-state index contributed by atoms with van der Waals surface area (Å²) in [5.41, 5.74) is 1.69. The quantitative estimate of drug-likeness (QED) is 0.820. The third-order valence-electron chi connectivity index (χ3n) is 4.88. The molecule has 1 atom stereocenters. The van der Waals surface area contributed by atoms with Gasteiger partial charge in [-0.25, -0.2) is 0 Å². The van der Waals surface area contributed by atoms with E-state index in [9.17, 15) is 9.59 Å². The van der Waals surface area contributed by atoms with E-state index in [0.717, 1.165) is 30.1 Å². The van der Waals surface area contributed by atoms with E-state index in [4.69, 9.17) is 0 Å². The zero-order valence-corrected chi connectivity index (χ0v) is 12.9. The van der Waals surface area contributed by atoms with Gasteiger partial charge in [-0.2, -0.15) is 0 Å². The fourth-order valence-electron chi connectivity index (χ4n) is 3.67. The number of carbonyl (C=O) groups is 2. The summed E-state index contributed by atoms with van der Waals surface area (Å²) in [7, 11) is 0. The average molecular weight is 300 g/mol. The van der Waals surface area contributed by atoms with Crippen molar-refractivity contribution in [3.63, 3.8) is 0 Å². The Balaban J connectivity index is 1.52. The number of anilines is 1. The Labute approximate surface area is 131 Å². The molecule has 1 aromatic carbocycles. The predicted molar refractivity (Wildman–Crippen MR) is 86.6 cm³/mol. The number of hydrogen-bond acceptors (Lipinski definition) is 2. The fourth-order valence-corrected chi connectivity index (χ4v) is 3.67. The van der Waals surface area contributed by atoms with Gasteiger partial charge in [-0.05, 0) is 30.4 Å². The van der Waals surface area contributed by atoms with Crippen LogP contribution in [0.4, 0.5) is 5.69 Å². The van der Waals surface area contributed by atoms with Gasteiger partial charge >= 0.3 is 0 Å². The lowest BCUT2D eigenvalue weighted by Gasteiger charge is -2.24. The summed E-state index contributed by atoms with van der Waals surface area (Å²) in [5.74, 6) is 0.410. The largest absolute Gasteiger partial charge is 0.356 e. The maximum atomic E-state index is 12.4. The van der Waals surface area contributed by atoms with Gasteiger partial charge in [0.25, 0.3) is 0 Å². The van der Waals surface area contributed by atoms with E-state index in [-0.39, 0.29) is 24.2 Å². The van der Waals surface area contributed by atoms with Crippen molar-refractivity contribution in [1.29, 1.82) is 0 Å². The maximum Gasteiger partial charge on any atom is 0.228 e. The van der Waals surface area contributed by atoms with Crippen molar-refractivity contribution in [2.75, 3.05) is 11.9 Å². The molecule has 1 aromatic rings. The molecule has 0 aromatic heterocycles. The first-order chi connectivity index (χ1) is 10.7. The van der Waals surface area contributed by atoms with Crippen molar-refractivity contribution in [3.8, 4) is 0 Å². The molecule has 0 bridgehead atoms. The molecule has 0 radical (unpaired) electrons. The summed E-state index contributed by atoms with van der Waals surface area (Å²) in [4.78, 5) is 24.2. The van der Waals surface area contributed by atoms with Gasteiger partial charge in [0.1, 0.15) is 0 Å². The minimum absolute atomic E-state index is 0.0197. The van der Waals surface area contributed by atoms with Crippen LogP contribution in [0, 0.1) is 5.92 Å². The average Bonchev–Trinajstić information content (AvgIpc) is 3.04. The standard InChI is InChI=1S/C18H24N2O2/c21-17-12-15(14-9-3-4-10-16(14)20-17)18(22)19-11-5-8-13-6-1-2-7-13/h3-4,9-10,13,15H,1-2,5-8,11-12H2,(H,19,22)(H,20,21). The van der Waals surface area contributed by atoms with Gasteiger partial charge in [-0.3, -0.25) is 9.59 Å². The number of hydrogen-bond donors (Lipinski definition) is 2. The summed E-state index contributed by atoms with van der Waals surface area (Å²) >= 11 is 0. The molecule has 1 unspecified atom stereocenters. The van der Waals surface area contributed by atoms with Crippen LogP contribution < -0.4 is 10.6 Å². The van der Waals surface area contributed by atoms with Gasteiger partial charge in [0, 0.05) is 18.7 Å². The zero-order chi connectivity index (χ0) is 15.4. The second-order valence-corrected chi connectivity index (χ2v) is 6.48. The lowest BCUT2D eigenvalue weighted by Crippen LogP contribution is -2.35. The molecule has 1 heterocycles. The van der Waals surface area contributed by atoms with E-state index in [2.05, 4.69) is 10.6 Å². The van der Waals surface area contributed by atoms with Crippen LogP contribution in [-0.2, 0) is 9.59 Å². The molecule has 118 valence electrons. The number of rotatable bonds is 5.